The molecule has 0 bridgehead atoms. The highest BCUT2D eigenvalue weighted by molar-refractivity contribution is 5.35. The number of hydrogen-bond donors (Lipinski definition) is 1. The molecule has 4 heteroatoms. The average molecular weight is 288 g/mol. The first-order valence-electron chi connectivity index (χ1n) is 7.20. The number of ether oxygens (including phenoxy) is 1. The summed E-state index contributed by atoms with van der Waals surface area (Å²) in [5.41, 5.74) is 1.95. The van der Waals surface area contributed by atoms with Crippen molar-refractivity contribution in [2.24, 2.45) is 0 Å². The maximum atomic E-state index is 13.4. The highest BCUT2D eigenvalue weighted by atomic mass is 19.1. The molecule has 21 heavy (non-hydrogen) atoms. The van der Waals surface area contributed by atoms with Crippen LogP contribution in [0.4, 0.5) is 4.39 Å². The molecule has 0 fully saturated rings. The van der Waals surface area contributed by atoms with Crippen molar-refractivity contribution in [1.29, 1.82) is 0 Å². The largest absolute Gasteiger partial charge is 0.496 e. The van der Waals surface area contributed by atoms with Crippen LogP contribution in [-0.4, -0.2) is 18.6 Å². The van der Waals surface area contributed by atoms with Crippen LogP contribution in [0.1, 0.15) is 30.5 Å². The minimum absolute atomic E-state index is 0.0180. The highest BCUT2D eigenvalue weighted by Crippen LogP contribution is 2.25. The first-order chi connectivity index (χ1) is 10.2. The van der Waals surface area contributed by atoms with Crippen LogP contribution < -0.4 is 10.1 Å². The third-order valence-electron chi connectivity index (χ3n) is 3.39. The summed E-state index contributed by atoms with van der Waals surface area (Å²) in [7, 11) is 1.66. The lowest BCUT2D eigenvalue weighted by molar-refractivity contribution is 0.405. The monoisotopic (exact) mass is 288 g/mol. The second-order valence-corrected chi connectivity index (χ2v) is 4.96. The number of benzene rings is 1. The van der Waals surface area contributed by atoms with Gasteiger partial charge in [0.25, 0.3) is 0 Å². The summed E-state index contributed by atoms with van der Waals surface area (Å²) in [6.07, 6.45) is 4.69. The van der Waals surface area contributed by atoms with Gasteiger partial charge in [-0.2, -0.15) is 0 Å². The Balaban J connectivity index is 2.24. The second kappa shape index (κ2) is 7.74. The predicted molar refractivity (Wildman–Crippen MR) is 81.9 cm³/mol. The van der Waals surface area contributed by atoms with Crippen LogP contribution in [-0.2, 0) is 6.42 Å². The van der Waals surface area contributed by atoms with E-state index in [2.05, 4.69) is 17.2 Å². The van der Waals surface area contributed by atoms with E-state index in [0.29, 0.717) is 0 Å². The van der Waals surface area contributed by atoms with Gasteiger partial charge in [0.1, 0.15) is 11.6 Å². The quantitative estimate of drug-likeness (QED) is 0.846. The average Bonchev–Trinajstić information content (AvgIpc) is 2.51. The molecule has 3 nitrogen and oxygen atoms in total. The van der Waals surface area contributed by atoms with Gasteiger partial charge in [0.15, 0.2) is 0 Å². The van der Waals surface area contributed by atoms with E-state index in [0.717, 1.165) is 36.3 Å². The predicted octanol–water partition coefficient (Wildman–Crippen LogP) is 3.51. The van der Waals surface area contributed by atoms with Gasteiger partial charge >= 0.3 is 0 Å². The Morgan fingerprint density at radius 2 is 2.10 bits per heavy atom. The molecule has 0 aliphatic rings. The van der Waals surface area contributed by atoms with Crippen molar-refractivity contribution in [1.82, 2.24) is 10.3 Å². The van der Waals surface area contributed by atoms with Gasteiger partial charge in [-0.1, -0.05) is 25.1 Å². The Kier molecular flexibility index (Phi) is 5.69. The number of nitrogens with zero attached hydrogens (tertiary/aromatic N) is 1. The van der Waals surface area contributed by atoms with E-state index in [4.69, 9.17) is 4.74 Å². The van der Waals surface area contributed by atoms with Gasteiger partial charge in [0.2, 0.25) is 0 Å². The van der Waals surface area contributed by atoms with Crippen LogP contribution >= 0.6 is 0 Å². The van der Waals surface area contributed by atoms with Crippen LogP contribution in [0.25, 0.3) is 0 Å². The maximum absolute atomic E-state index is 13.4. The molecular formula is C17H21FN2O. The summed E-state index contributed by atoms with van der Waals surface area (Å²) < 4.78 is 18.8. The minimum Gasteiger partial charge on any atom is -0.496 e. The van der Waals surface area contributed by atoms with Gasteiger partial charge in [0.05, 0.1) is 13.3 Å². The number of methoxy groups -OCH3 is 1. The van der Waals surface area contributed by atoms with E-state index in [1.165, 1.54) is 12.3 Å². The maximum Gasteiger partial charge on any atom is 0.141 e. The molecule has 1 unspecified atom stereocenters. The van der Waals surface area contributed by atoms with E-state index in [9.17, 15) is 4.39 Å². The Morgan fingerprint density at radius 1 is 1.29 bits per heavy atom. The van der Waals surface area contributed by atoms with Crippen molar-refractivity contribution in [3.05, 3.63) is 59.7 Å². The molecule has 112 valence electrons. The molecule has 2 aromatic rings. The van der Waals surface area contributed by atoms with Crippen molar-refractivity contribution < 1.29 is 9.13 Å². The number of pyridine rings is 1. The Labute approximate surface area is 125 Å². The minimum atomic E-state index is -0.309. The topological polar surface area (TPSA) is 34.1 Å². The molecule has 2 rings (SSSR count). The smallest absolute Gasteiger partial charge is 0.141 e. The van der Waals surface area contributed by atoms with Gasteiger partial charge in [-0.3, -0.25) is 4.98 Å². The lowest BCUT2D eigenvalue weighted by Crippen LogP contribution is -2.24. The Bertz CT molecular complexity index is 574. The summed E-state index contributed by atoms with van der Waals surface area (Å²) in [4.78, 5) is 3.95. The summed E-state index contributed by atoms with van der Waals surface area (Å²) in [6.45, 7) is 2.98. The lowest BCUT2D eigenvalue weighted by Gasteiger charge is -2.20. The third kappa shape index (κ3) is 4.26. The van der Waals surface area contributed by atoms with Crippen molar-refractivity contribution in [2.45, 2.75) is 25.8 Å². The number of rotatable bonds is 7. The molecule has 0 amide bonds. The third-order valence-corrected chi connectivity index (χ3v) is 3.39. The number of halogens is 1. The normalized spacial score (nSPS) is 12.1. The van der Waals surface area contributed by atoms with Crippen molar-refractivity contribution in [2.75, 3.05) is 13.7 Å². The zero-order valence-electron chi connectivity index (χ0n) is 12.5. The molecule has 1 aromatic carbocycles. The van der Waals surface area contributed by atoms with E-state index in [1.54, 1.807) is 13.3 Å². The van der Waals surface area contributed by atoms with Crippen molar-refractivity contribution in [3.8, 4) is 5.75 Å². The molecule has 1 aromatic heterocycles. The summed E-state index contributed by atoms with van der Waals surface area (Å²) >= 11 is 0. The fourth-order valence-electron chi connectivity index (χ4n) is 2.34. The van der Waals surface area contributed by atoms with Crippen molar-refractivity contribution in [3.63, 3.8) is 0 Å². The number of hydrogen-bond acceptors (Lipinski definition) is 3. The molecule has 0 aliphatic heterocycles. The molecule has 0 saturated heterocycles. The molecule has 1 heterocycles. The first kappa shape index (κ1) is 15.4. The number of para-hydroxylation sites is 1. The molecule has 1 atom stereocenters. The van der Waals surface area contributed by atoms with Crippen LogP contribution in [0.3, 0.4) is 0 Å². The van der Waals surface area contributed by atoms with Crippen LogP contribution in [0.15, 0.2) is 42.7 Å². The van der Waals surface area contributed by atoms with Gasteiger partial charge in [-0.05, 0) is 42.6 Å². The first-order valence-corrected chi connectivity index (χ1v) is 7.20. The molecule has 0 aliphatic carbocycles. The SMILES string of the molecule is CCCNC(Cc1ccccc1OC)c1cncc(F)c1. The molecule has 0 spiro atoms. The number of nitrogens with one attached hydrogen (secondary N) is 1. The zero-order valence-corrected chi connectivity index (χ0v) is 12.5. The number of aromatic nitrogens is 1. The van der Waals surface area contributed by atoms with Crippen LogP contribution in [0, 0.1) is 5.82 Å². The fraction of sp³-hybridized carbons (Fsp3) is 0.353. The lowest BCUT2D eigenvalue weighted by atomic mass is 9.99. The summed E-state index contributed by atoms with van der Waals surface area (Å²) in [6, 6.07) is 9.46. The Morgan fingerprint density at radius 3 is 2.81 bits per heavy atom. The summed E-state index contributed by atoms with van der Waals surface area (Å²) in [5, 5.41) is 3.45. The molecule has 1 N–H and O–H groups in total. The van der Waals surface area contributed by atoms with Crippen molar-refractivity contribution >= 4 is 0 Å². The van der Waals surface area contributed by atoms with E-state index in [-0.39, 0.29) is 11.9 Å². The molecular weight excluding hydrogens is 267 g/mol. The van der Waals surface area contributed by atoms with Gasteiger partial charge < -0.3 is 10.1 Å². The van der Waals surface area contributed by atoms with E-state index >= 15 is 0 Å². The van der Waals surface area contributed by atoms with E-state index in [1.807, 2.05) is 24.3 Å². The molecule has 0 radical (unpaired) electrons. The van der Waals surface area contributed by atoms with Gasteiger partial charge in [-0.15, -0.1) is 0 Å². The van der Waals surface area contributed by atoms with Gasteiger partial charge in [0, 0.05) is 12.2 Å². The van der Waals surface area contributed by atoms with Crippen LogP contribution in [0.2, 0.25) is 0 Å². The summed E-state index contributed by atoms with van der Waals surface area (Å²) in [5.74, 6) is 0.543. The second-order valence-electron chi connectivity index (χ2n) is 4.96. The standard InChI is InChI=1S/C17H21FN2O/c1-3-8-20-16(14-9-15(18)12-19-11-14)10-13-6-4-5-7-17(13)21-2/h4-7,9,11-12,16,20H,3,8,10H2,1-2H3. The van der Waals surface area contributed by atoms with Gasteiger partial charge in [-0.25, -0.2) is 4.39 Å². The highest BCUT2D eigenvalue weighted by Gasteiger charge is 2.15. The Hall–Kier alpha value is -1.94. The van der Waals surface area contributed by atoms with Crippen LogP contribution in [0.5, 0.6) is 5.75 Å². The zero-order chi connectivity index (χ0) is 15.1. The van der Waals surface area contributed by atoms with E-state index < -0.39 is 0 Å². The fourth-order valence-corrected chi connectivity index (χ4v) is 2.34. The molecule has 0 saturated carbocycles.